The number of nitrogens with one attached hydrogen (secondary N) is 2. The Morgan fingerprint density at radius 2 is 1.51 bits per heavy atom. The van der Waals surface area contributed by atoms with E-state index < -0.39 is 35.5 Å². The van der Waals surface area contributed by atoms with Gasteiger partial charge in [0, 0.05) is 5.92 Å². The van der Waals surface area contributed by atoms with Crippen molar-refractivity contribution in [3.63, 3.8) is 0 Å². The SMILES string of the molecule is CCC(C)CC(NC(=O)[C@@H](NC(=O)OCC1c2ccccc2-c2ccccc21)C(C)(C)C)C(=O)O. The van der Waals surface area contributed by atoms with Gasteiger partial charge in [0.25, 0.3) is 0 Å². The Hall–Kier alpha value is -3.35. The van der Waals surface area contributed by atoms with Gasteiger partial charge in [0.2, 0.25) is 5.91 Å². The summed E-state index contributed by atoms with van der Waals surface area (Å²) in [5, 5.41) is 14.9. The monoisotopic (exact) mass is 480 g/mol. The molecule has 7 heteroatoms. The van der Waals surface area contributed by atoms with Crippen molar-refractivity contribution in [1.29, 1.82) is 0 Å². The highest BCUT2D eigenvalue weighted by molar-refractivity contribution is 5.90. The molecule has 0 aliphatic heterocycles. The molecule has 3 atom stereocenters. The van der Waals surface area contributed by atoms with Crippen molar-refractivity contribution < 1.29 is 24.2 Å². The number of fused-ring (bicyclic) bond motifs is 3. The van der Waals surface area contributed by atoms with Gasteiger partial charge in [-0.3, -0.25) is 4.79 Å². The molecule has 3 N–H and O–H groups in total. The number of benzene rings is 2. The zero-order chi connectivity index (χ0) is 25.8. The number of aliphatic carboxylic acids is 1. The molecule has 0 radical (unpaired) electrons. The summed E-state index contributed by atoms with van der Waals surface area (Å²) in [6.07, 6.45) is 0.412. The molecule has 0 bridgehead atoms. The molecule has 188 valence electrons. The van der Waals surface area contributed by atoms with Gasteiger partial charge in [-0.05, 0) is 40.0 Å². The van der Waals surface area contributed by atoms with E-state index in [2.05, 4.69) is 22.8 Å². The summed E-state index contributed by atoms with van der Waals surface area (Å²) in [7, 11) is 0. The minimum atomic E-state index is -1.09. The summed E-state index contributed by atoms with van der Waals surface area (Å²) in [5.74, 6) is -1.59. The highest BCUT2D eigenvalue weighted by Crippen LogP contribution is 2.44. The lowest BCUT2D eigenvalue weighted by Crippen LogP contribution is -2.56. The van der Waals surface area contributed by atoms with Gasteiger partial charge < -0.3 is 20.5 Å². The topological polar surface area (TPSA) is 105 Å². The van der Waals surface area contributed by atoms with Crippen LogP contribution in [-0.4, -0.2) is 41.8 Å². The number of carbonyl (C=O) groups is 3. The molecular formula is C28H36N2O5. The number of alkyl carbamates (subject to hydrolysis) is 1. The maximum absolute atomic E-state index is 13.1. The first-order valence-electron chi connectivity index (χ1n) is 12.2. The lowest BCUT2D eigenvalue weighted by molar-refractivity contribution is -0.143. The molecule has 7 nitrogen and oxygen atoms in total. The van der Waals surface area contributed by atoms with Crippen molar-refractivity contribution >= 4 is 18.0 Å². The van der Waals surface area contributed by atoms with Crippen molar-refractivity contribution in [1.82, 2.24) is 10.6 Å². The Labute approximate surface area is 207 Å². The first-order valence-corrected chi connectivity index (χ1v) is 12.2. The number of rotatable bonds is 9. The van der Waals surface area contributed by atoms with Crippen LogP contribution in [-0.2, 0) is 14.3 Å². The van der Waals surface area contributed by atoms with E-state index in [1.807, 2.05) is 71.0 Å². The number of amides is 2. The minimum absolute atomic E-state index is 0.0954. The molecule has 2 unspecified atom stereocenters. The summed E-state index contributed by atoms with van der Waals surface area (Å²) in [6.45, 7) is 9.48. The highest BCUT2D eigenvalue weighted by atomic mass is 16.5. The standard InChI is InChI=1S/C28H36N2O5/c1-6-17(2)15-23(26(32)33)29-25(31)24(28(3,4)5)30-27(34)35-16-22-20-13-9-7-11-18(20)19-12-8-10-14-21(19)22/h7-14,17,22-24H,6,15-16H2,1-5H3,(H,29,31)(H,30,34)(H,32,33)/t17?,23?,24-/m1/s1. The normalized spacial score (nSPS) is 15.3. The Balaban J connectivity index is 1.69. The molecular weight excluding hydrogens is 444 g/mol. The predicted octanol–water partition coefficient (Wildman–Crippen LogP) is 4.95. The lowest BCUT2D eigenvalue weighted by atomic mass is 9.86. The van der Waals surface area contributed by atoms with Gasteiger partial charge >= 0.3 is 12.1 Å². The maximum Gasteiger partial charge on any atom is 0.407 e. The molecule has 2 amide bonds. The number of carbonyl (C=O) groups excluding carboxylic acids is 2. The molecule has 0 saturated carbocycles. The Bertz CT molecular complexity index is 1030. The number of hydrogen-bond donors (Lipinski definition) is 3. The molecule has 3 rings (SSSR count). The number of hydrogen-bond acceptors (Lipinski definition) is 4. The average molecular weight is 481 g/mol. The second-order valence-corrected chi connectivity index (χ2v) is 10.4. The molecule has 1 aliphatic carbocycles. The van der Waals surface area contributed by atoms with Crippen LogP contribution in [0.3, 0.4) is 0 Å². The number of carboxylic acids is 1. The van der Waals surface area contributed by atoms with Gasteiger partial charge in [0.1, 0.15) is 18.7 Å². The van der Waals surface area contributed by atoms with Crippen LogP contribution in [0.4, 0.5) is 4.79 Å². The summed E-state index contributed by atoms with van der Waals surface area (Å²) in [6, 6.07) is 14.1. The number of carboxylic acid groups (broad SMARTS) is 1. The van der Waals surface area contributed by atoms with Crippen LogP contribution in [0.2, 0.25) is 0 Å². The van der Waals surface area contributed by atoms with Crippen LogP contribution in [0.25, 0.3) is 11.1 Å². The zero-order valence-electron chi connectivity index (χ0n) is 21.1. The molecule has 2 aromatic carbocycles. The van der Waals surface area contributed by atoms with Gasteiger partial charge in [0.15, 0.2) is 0 Å². The highest BCUT2D eigenvalue weighted by Gasteiger charge is 2.36. The lowest BCUT2D eigenvalue weighted by Gasteiger charge is -2.31. The fourth-order valence-electron chi connectivity index (χ4n) is 4.48. The summed E-state index contributed by atoms with van der Waals surface area (Å²) in [4.78, 5) is 37.6. The van der Waals surface area contributed by atoms with Gasteiger partial charge in [-0.15, -0.1) is 0 Å². The molecule has 35 heavy (non-hydrogen) atoms. The molecule has 0 spiro atoms. The van der Waals surface area contributed by atoms with Crippen LogP contribution < -0.4 is 10.6 Å². The van der Waals surface area contributed by atoms with E-state index in [9.17, 15) is 19.5 Å². The van der Waals surface area contributed by atoms with Crippen LogP contribution in [0.1, 0.15) is 64.5 Å². The van der Waals surface area contributed by atoms with Gasteiger partial charge in [-0.25, -0.2) is 9.59 Å². The predicted molar refractivity (Wildman–Crippen MR) is 135 cm³/mol. The van der Waals surface area contributed by atoms with Crippen molar-refractivity contribution in [3.8, 4) is 11.1 Å². The minimum Gasteiger partial charge on any atom is -0.480 e. The molecule has 0 fully saturated rings. The van der Waals surface area contributed by atoms with Crippen LogP contribution >= 0.6 is 0 Å². The molecule has 2 aromatic rings. The largest absolute Gasteiger partial charge is 0.480 e. The Morgan fingerprint density at radius 3 is 2.00 bits per heavy atom. The van der Waals surface area contributed by atoms with E-state index in [0.29, 0.717) is 6.42 Å². The summed E-state index contributed by atoms with van der Waals surface area (Å²) < 4.78 is 5.60. The molecule has 0 aromatic heterocycles. The fourth-order valence-corrected chi connectivity index (χ4v) is 4.48. The maximum atomic E-state index is 13.1. The van der Waals surface area contributed by atoms with Crippen LogP contribution in [0, 0.1) is 11.3 Å². The first kappa shape index (κ1) is 26.3. The van der Waals surface area contributed by atoms with Crippen molar-refractivity contribution in [2.45, 2.75) is 65.5 Å². The van der Waals surface area contributed by atoms with Gasteiger partial charge in [0.05, 0.1) is 0 Å². The zero-order valence-corrected chi connectivity index (χ0v) is 21.1. The Morgan fingerprint density at radius 1 is 0.971 bits per heavy atom. The molecule has 1 aliphatic rings. The van der Waals surface area contributed by atoms with Crippen molar-refractivity contribution in [3.05, 3.63) is 59.7 Å². The van der Waals surface area contributed by atoms with E-state index in [0.717, 1.165) is 28.7 Å². The third-order valence-electron chi connectivity index (χ3n) is 6.68. The van der Waals surface area contributed by atoms with Crippen LogP contribution in [0.5, 0.6) is 0 Å². The van der Waals surface area contributed by atoms with Crippen molar-refractivity contribution in [2.75, 3.05) is 6.61 Å². The molecule has 0 saturated heterocycles. The van der Waals surface area contributed by atoms with Crippen LogP contribution in [0.15, 0.2) is 48.5 Å². The first-order chi connectivity index (χ1) is 16.5. The van der Waals surface area contributed by atoms with E-state index in [1.165, 1.54) is 0 Å². The van der Waals surface area contributed by atoms with E-state index in [1.54, 1.807) is 0 Å². The number of ether oxygens (including phenoxy) is 1. The Kier molecular flexibility index (Phi) is 8.20. The second-order valence-electron chi connectivity index (χ2n) is 10.4. The smallest absolute Gasteiger partial charge is 0.407 e. The van der Waals surface area contributed by atoms with E-state index in [-0.39, 0.29) is 18.4 Å². The molecule has 0 heterocycles. The third kappa shape index (κ3) is 6.21. The fraction of sp³-hybridized carbons (Fsp3) is 0.464. The summed E-state index contributed by atoms with van der Waals surface area (Å²) in [5.41, 5.74) is 3.80. The van der Waals surface area contributed by atoms with Crippen molar-refractivity contribution in [2.24, 2.45) is 11.3 Å². The van der Waals surface area contributed by atoms with E-state index in [4.69, 9.17) is 4.74 Å². The van der Waals surface area contributed by atoms with Gasteiger partial charge in [-0.2, -0.15) is 0 Å². The van der Waals surface area contributed by atoms with E-state index >= 15 is 0 Å². The van der Waals surface area contributed by atoms with Gasteiger partial charge in [-0.1, -0.05) is 89.6 Å². The second kappa shape index (κ2) is 10.9. The third-order valence-corrected chi connectivity index (χ3v) is 6.68. The quantitative estimate of drug-likeness (QED) is 0.471. The summed E-state index contributed by atoms with van der Waals surface area (Å²) >= 11 is 0. The average Bonchev–Trinajstić information content (AvgIpc) is 3.13.